The van der Waals surface area contributed by atoms with Crippen molar-refractivity contribution in [1.29, 1.82) is 0 Å². The van der Waals surface area contributed by atoms with Crippen molar-refractivity contribution in [2.45, 2.75) is 19.8 Å². The number of amides is 2. The minimum atomic E-state index is -0.553. The molecule has 0 bridgehead atoms. The van der Waals surface area contributed by atoms with Crippen LogP contribution in [0, 0.1) is 10.1 Å². The zero-order valence-corrected chi connectivity index (χ0v) is 21.5. The Morgan fingerprint density at radius 1 is 1.03 bits per heavy atom. The second-order valence-electron chi connectivity index (χ2n) is 8.60. The van der Waals surface area contributed by atoms with Gasteiger partial charge >= 0.3 is 0 Å². The Bertz CT molecular complexity index is 1440. The van der Waals surface area contributed by atoms with Crippen LogP contribution in [-0.2, 0) is 4.79 Å². The van der Waals surface area contributed by atoms with E-state index in [-0.39, 0.29) is 17.8 Å². The molecule has 38 heavy (non-hydrogen) atoms. The maximum atomic E-state index is 13.2. The number of halogens is 1. The number of carbonyl (C=O) groups is 2. The highest BCUT2D eigenvalue weighted by molar-refractivity contribution is 6.30. The van der Waals surface area contributed by atoms with E-state index in [4.69, 9.17) is 11.6 Å². The van der Waals surface area contributed by atoms with Gasteiger partial charge in [-0.2, -0.15) is 5.10 Å². The largest absolute Gasteiger partial charge is 0.329 e. The number of nitrogens with zero attached hydrogens (tertiary/aromatic N) is 4. The SMILES string of the molecule is CCCCN(CC(=O)Nc1cc(-c2ccccc2)nn1-c1ccc(Cl)cc1)C(=O)c1cccc([N+](=O)[O-])c1. The van der Waals surface area contributed by atoms with Gasteiger partial charge < -0.3 is 10.2 Å². The van der Waals surface area contributed by atoms with Gasteiger partial charge in [-0.3, -0.25) is 19.7 Å². The van der Waals surface area contributed by atoms with Crippen LogP contribution in [0.1, 0.15) is 30.1 Å². The zero-order valence-electron chi connectivity index (χ0n) is 20.7. The number of benzene rings is 3. The van der Waals surface area contributed by atoms with Gasteiger partial charge in [0.2, 0.25) is 5.91 Å². The molecule has 0 aliphatic rings. The minimum Gasteiger partial charge on any atom is -0.329 e. The average molecular weight is 532 g/mol. The third-order valence-electron chi connectivity index (χ3n) is 5.82. The molecule has 4 aromatic rings. The fraction of sp³-hybridized carbons (Fsp3) is 0.179. The van der Waals surface area contributed by atoms with Crippen LogP contribution in [0.2, 0.25) is 5.02 Å². The molecular formula is C28H26ClN5O4. The number of rotatable bonds is 10. The summed E-state index contributed by atoms with van der Waals surface area (Å²) in [6.45, 7) is 2.08. The molecular weight excluding hydrogens is 506 g/mol. The molecule has 0 spiro atoms. The van der Waals surface area contributed by atoms with E-state index in [2.05, 4.69) is 10.4 Å². The van der Waals surface area contributed by atoms with E-state index < -0.39 is 16.7 Å². The number of nitrogens with one attached hydrogen (secondary N) is 1. The molecule has 1 heterocycles. The van der Waals surface area contributed by atoms with Crippen LogP contribution >= 0.6 is 11.6 Å². The van der Waals surface area contributed by atoms with Gasteiger partial charge in [0.15, 0.2) is 0 Å². The molecule has 0 unspecified atom stereocenters. The quantitative estimate of drug-likeness (QED) is 0.200. The van der Waals surface area contributed by atoms with Crippen molar-refractivity contribution in [3.05, 3.63) is 106 Å². The van der Waals surface area contributed by atoms with Gasteiger partial charge in [-0.15, -0.1) is 0 Å². The van der Waals surface area contributed by atoms with Crippen molar-refractivity contribution in [3.8, 4) is 16.9 Å². The van der Waals surface area contributed by atoms with Crippen LogP contribution in [0.4, 0.5) is 11.5 Å². The lowest BCUT2D eigenvalue weighted by atomic mass is 10.1. The Morgan fingerprint density at radius 2 is 1.76 bits per heavy atom. The molecule has 1 aromatic heterocycles. The molecule has 0 fully saturated rings. The Hall–Kier alpha value is -4.50. The number of aromatic nitrogens is 2. The fourth-order valence-electron chi connectivity index (χ4n) is 3.89. The molecule has 3 aromatic carbocycles. The smallest absolute Gasteiger partial charge is 0.270 e. The maximum absolute atomic E-state index is 13.2. The lowest BCUT2D eigenvalue weighted by Crippen LogP contribution is -2.39. The average Bonchev–Trinajstić information content (AvgIpc) is 3.35. The van der Waals surface area contributed by atoms with Gasteiger partial charge in [-0.1, -0.05) is 61.3 Å². The molecule has 0 saturated heterocycles. The van der Waals surface area contributed by atoms with Crippen molar-refractivity contribution >= 4 is 34.9 Å². The summed E-state index contributed by atoms with van der Waals surface area (Å²) in [5.41, 5.74) is 2.20. The van der Waals surface area contributed by atoms with Crippen LogP contribution in [0.25, 0.3) is 16.9 Å². The maximum Gasteiger partial charge on any atom is 0.270 e. The molecule has 10 heteroatoms. The number of hydrogen-bond acceptors (Lipinski definition) is 5. The molecule has 0 saturated carbocycles. The van der Waals surface area contributed by atoms with E-state index in [0.717, 1.165) is 12.0 Å². The number of carbonyl (C=O) groups excluding carboxylic acids is 2. The van der Waals surface area contributed by atoms with Gasteiger partial charge in [0.1, 0.15) is 12.4 Å². The van der Waals surface area contributed by atoms with Crippen molar-refractivity contribution in [3.63, 3.8) is 0 Å². The van der Waals surface area contributed by atoms with Crippen LogP contribution in [-0.4, -0.2) is 44.5 Å². The van der Waals surface area contributed by atoms with Gasteiger partial charge in [0.05, 0.1) is 16.3 Å². The summed E-state index contributed by atoms with van der Waals surface area (Å²) < 4.78 is 1.61. The van der Waals surface area contributed by atoms with E-state index in [1.807, 2.05) is 37.3 Å². The topological polar surface area (TPSA) is 110 Å². The van der Waals surface area contributed by atoms with Crippen molar-refractivity contribution < 1.29 is 14.5 Å². The number of hydrogen-bond donors (Lipinski definition) is 1. The van der Waals surface area contributed by atoms with Gasteiger partial charge in [0.25, 0.3) is 11.6 Å². The normalized spacial score (nSPS) is 10.7. The Kier molecular flexibility index (Phi) is 8.50. The first kappa shape index (κ1) is 26.6. The summed E-state index contributed by atoms with van der Waals surface area (Å²) >= 11 is 6.06. The number of nitro groups is 1. The third-order valence-corrected chi connectivity index (χ3v) is 6.08. The first-order chi connectivity index (χ1) is 18.4. The van der Waals surface area contributed by atoms with E-state index in [1.165, 1.54) is 29.2 Å². The molecule has 194 valence electrons. The number of nitro benzene ring substituents is 1. The fourth-order valence-corrected chi connectivity index (χ4v) is 4.02. The number of anilines is 1. The van der Waals surface area contributed by atoms with E-state index in [0.29, 0.717) is 35.2 Å². The van der Waals surface area contributed by atoms with Crippen LogP contribution in [0.3, 0.4) is 0 Å². The standard InChI is InChI=1S/C28H26ClN5O4/c1-2-3-16-32(28(36)21-10-7-11-24(17-21)34(37)38)19-27(35)30-26-18-25(20-8-5-4-6-9-20)31-33(26)23-14-12-22(29)13-15-23/h4-15,17-18H,2-3,16,19H2,1H3,(H,30,35). The van der Waals surface area contributed by atoms with E-state index in [1.54, 1.807) is 35.0 Å². The second-order valence-corrected chi connectivity index (χ2v) is 9.04. The summed E-state index contributed by atoms with van der Waals surface area (Å²) in [6, 6.07) is 23.9. The van der Waals surface area contributed by atoms with Crippen molar-refractivity contribution in [1.82, 2.24) is 14.7 Å². The zero-order chi connectivity index (χ0) is 27.1. The minimum absolute atomic E-state index is 0.153. The summed E-state index contributed by atoms with van der Waals surface area (Å²) in [7, 11) is 0. The van der Waals surface area contributed by atoms with Gasteiger partial charge in [0, 0.05) is 40.9 Å². The molecule has 2 amide bonds. The predicted octanol–water partition coefficient (Wildman–Crippen LogP) is 5.98. The number of unbranched alkanes of at least 4 members (excludes halogenated alkanes) is 1. The molecule has 0 aliphatic carbocycles. The van der Waals surface area contributed by atoms with Crippen LogP contribution in [0.5, 0.6) is 0 Å². The first-order valence-corrected chi connectivity index (χ1v) is 12.5. The summed E-state index contributed by atoms with van der Waals surface area (Å²) in [5.74, 6) is -0.447. The lowest BCUT2D eigenvalue weighted by Gasteiger charge is -2.22. The van der Waals surface area contributed by atoms with Crippen LogP contribution in [0.15, 0.2) is 84.9 Å². The summed E-state index contributed by atoms with van der Waals surface area (Å²) in [4.78, 5) is 38.4. The molecule has 1 N–H and O–H groups in total. The highest BCUT2D eigenvalue weighted by Gasteiger charge is 2.22. The summed E-state index contributed by atoms with van der Waals surface area (Å²) in [5, 5.41) is 19.3. The predicted molar refractivity (Wildman–Crippen MR) is 147 cm³/mol. The van der Waals surface area contributed by atoms with E-state index in [9.17, 15) is 19.7 Å². The molecule has 0 aliphatic heterocycles. The Morgan fingerprint density at radius 3 is 2.45 bits per heavy atom. The Labute approximate surface area is 224 Å². The second kappa shape index (κ2) is 12.2. The molecule has 4 rings (SSSR count). The highest BCUT2D eigenvalue weighted by Crippen LogP contribution is 2.25. The highest BCUT2D eigenvalue weighted by atomic mass is 35.5. The monoisotopic (exact) mass is 531 g/mol. The third kappa shape index (κ3) is 6.43. The van der Waals surface area contributed by atoms with Crippen molar-refractivity contribution in [2.24, 2.45) is 0 Å². The van der Waals surface area contributed by atoms with Crippen molar-refractivity contribution in [2.75, 3.05) is 18.4 Å². The molecule has 0 atom stereocenters. The van der Waals surface area contributed by atoms with E-state index >= 15 is 0 Å². The summed E-state index contributed by atoms with van der Waals surface area (Å²) in [6.07, 6.45) is 1.49. The van der Waals surface area contributed by atoms with Gasteiger partial charge in [-0.05, 0) is 36.8 Å². The first-order valence-electron chi connectivity index (χ1n) is 12.1. The molecule has 0 radical (unpaired) electrons. The lowest BCUT2D eigenvalue weighted by molar-refractivity contribution is -0.384. The Balaban J connectivity index is 1.60. The number of non-ortho nitro benzene ring substituents is 1. The van der Waals surface area contributed by atoms with Crippen LogP contribution < -0.4 is 5.32 Å². The van der Waals surface area contributed by atoms with Gasteiger partial charge in [-0.25, -0.2) is 4.68 Å². The molecule has 9 nitrogen and oxygen atoms in total.